The number of carbonyl (C=O) groups is 1. The first-order chi connectivity index (χ1) is 5.61. The molecule has 2 nitrogen and oxygen atoms in total. The normalized spacial score (nSPS) is 10.8. The number of amides is 1. The minimum Gasteiger partial charge on any atom is -0.353 e. The van der Waals surface area contributed by atoms with Gasteiger partial charge in [0.1, 0.15) is 0 Å². The van der Waals surface area contributed by atoms with E-state index in [1.165, 1.54) is 0 Å². The summed E-state index contributed by atoms with van der Waals surface area (Å²) in [5.41, 5.74) is 0. The van der Waals surface area contributed by atoms with Crippen LogP contribution in [-0.2, 0) is 4.79 Å². The number of carbonyl (C=O) groups excluding carboxylic acids is 1. The molecule has 0 saturated carbocycles. The molecule has 12 heavy (non-hydrogen) atoms. The summed E-state index contributed by atoms with van der Waals surface area (Å²) in [4.78, 5) is 9.96. The molecule has 0 unspecified atom stereocenters. The monoisotopic (exact) mass is 211 g/mol. The molecule has 0 heterocycles. The zero-order chi connectivity index (χ0) is 9.56. The molecule has 0 aromatic heterocycles. The second-order valence-electron chi connectivity index (χ2n) is 2.73. The summed E-state index contributed by atoms with van der Waals surface area (Å²) in [6.07, 6.45) is 2.12. The van der Waals surface area contributed by atoms with Crippen molar-refractivity contribution in [2.24, 2.45) is 5.92 Å². The van der Waals surface area contributed by atoms with Crippen molar-refractivity contribution in [3.8, 4) is 0 Å². The number of rotatable bonds is 5. The number of alkyl halides is 2. The molecule has 0 radical (unpaired) electrons. The Morgan fingerprint density at radius 3 is 2.17 bits per heavy atom. The predicted molar refractivity (Wildman–Crippen MR) is 52.6 cm³/mol. The Morgan fingerprint density at radius 1 is 1.33 bits per heavy atom. The summed E-state index contributed by atoms with van der Waals surface area (Å²) in [7, 11) is 0. The average molecular weight is 212 g/mol. The van der Waals surface area contributed by atoms with E-state index >= 15 is 0 Å². The second kappa shape index (κ2) is 6.55. The summed E-state index contributed by atoms with van der Waals surface area (Å²) < 4.78 is 0. The Labute approximate surface area is 83.6 Å². The number of halogens is 2. The molecule has 1 N–H and O–H groups in total. The number of hydrogen-bond donors (Lipinski definition) is 1. The molecule has 0 fully saturated rings. The lowest BCUT2D eigenvalue weighted by Crippen LogP contribution is -2.32. The summed E-state index contributed by atoms with van der Waals surface area (Å²) in [5.74, 6) is 0.228. The molecule has 4 heteroatoms. The molecular weight excluding hydrogens is 197 g/mol. The van der Waals surface area contributed by atoms with Crippen LogP contribution in [0.2, 0.25) is 0 Å². The predicted octanol–water partition coefficient (Wildman–Crippen LogP) is 2.34. The van der Waals surface area contributed by atoms with Gasteiger partial charge in [0.15, 0.2) is 4.84 Å². The highest BCUT2D eigenvalue weighted by Crippen LogP contribution is 2.06. The zero-order valence-electron chi connectivity index (χ0n) is 7.44. The van der Waals surface area contributed by atoms with E-state index in [2.05, 4.69) is 19.2 Å². The van der Waals surface area contributed by atoms with E-state index in [-0.39, 0.29) is 5.91 Å². The molecule has 0 aliphatic heterocycles. The SMILES string of the molecule is CCC(CC)CNC(=O)C(Cl)Cl. The van der Waals surface area contributed by atoms with Gasteiger partial charge in [-0.1, -0.05) is 49.9 Å². The van der Waals surface area contributed by atoms with Crippen molar-refractivity contribution in [1.82, 2.24) is 5.32 Å². The molecule has 0 aliphatic carbocycles. The van der Waals surface area contributed by atoms with Crippen molar-refractivity contribution in [1.29, 1.82) is 0 Å². The standard InChI is InChI=1S/C8H15Cl2NO/c1-3-6(4-2)5-11-8(12)7(9)10/h6-7H,3-5H2,1-2H3,(H,11,12). The molecule has 0 bridgehead atoms. The number of nitrogens with one attached hydrogen (secondary N) is 1. The van der Waals surface area contributed by atoms with Crippen LogP contribution in [0.4, 0.5) is 0 Å². The van der Waals surface area contributed by atoms with Crippen LogP contribution in [0.3, 0.4) is 0 Å². The lowest BCUT2D eigenvalue weighted by Gasteiger charge is -2.13. The van der Waals surface area contributed by atoms with Gasteiger partial charge >= 0.3 is 0 Å². The smallest absolute Gasteiger partial charge is 0.253 e. The molecule has 0 spiro atoms. The molecule has 0 aromatic rings. The van der Waals surface area contributed by atoms with Gasteiger partial charge in [0.2, 0.25) is 0 Å². The third-order valence-corrected chi connectivity index (χ3v) is 2.31. The lowest BCUT2D eigenvalue weighted by atomic mass is 10.0. The van der Waals surface area contributed by atoms with Gasteiger partial charge in [-0.2, -0.15) is 0 Å². The first-order valence-electron chi connectivity index (χ1n) is 4.17. The largest absolute Gasteiger partial charge is 0.353 e. The van der Waals surface area contributed by atoms with Crippen molar-refractivity contribution in [2.75, 3.05) is 6.54 Å². The third kappa shape index (κ3) is 4.83. The molecule has 0 saturated heterocycles. The summed E-state index contributed by atoms with van der Waals surface area (Å²) in [6.45, 7) is 4.86. The minimum atomic E-state index is -0.945. The van der Waals surface area contributed by atoms with Crippen LogP contribution < -0.4 is 5.32 Å². The van der Waals surface area contributed by atoms with Gasteiger partial charge < -0.3 is 5.32 Å². The highest BCUT2D eigenvalue weighted by Gasteiger charge is 2.12. The fraction of sp³-hybridized carbons (Fsp3) is 0.875. The van der Waals surface area contributed by atoms with E-state index in [9.17, 15) is 4.79 Å². The van der Waals surface area contributed by atoms with E-state index in [0.717, 1.165) is 12.8 Å². The maximum absolute atomic E-state index is 10.9. The minimum absolute atomic E-state index is 0.301. The topological polar surface area (TPSA) is 29.1 Å². The second-order valence-corrected chi connectivity index (χ2v) is 3.82. The van der Waals surface area contributed by atoms with Crippen LogP contribution >= 0.6 is 23.2 Å². The first kappa shape index (κ1) is 12.0. The molecule has 0 atom stereocenters. The van der Waals surface area contributed by atoms with Crippen LogP contribution in [0.25, 0.3) is 0 Å². The lowest BCUT2D eigenvalue weighted by molar-refractivity contribution is -0.119. The van der Waals surface area contributed by atoms with Crippen molar-refractivity contribution in [3.63, 3.8) is 0 Å². The summed E-state index contributed by atoms with van der Waals surface area (Å²) in [6, 6.07) is 0. The molecule has 1 amide bonds. The van der Waals surface area contributed by atoms with Crippen molar-refractivity contribution in [2.45, 2.75) is 31.5 Å². The van der Waals surface area contributed by atoms with Gasteiger partial charge in [0.25, 0.3) is 5.91 Å². The van der Waals surface area contributed by atoms with Crippen molar-refractivity contribution >= 4 is 29.1 Å². The van der Waals surface area contributed by atoms with Crippen molar-refractivity contribution in [3.05, 3.63) is 0 Å². The first-order valence-corrected chi connectivity index (χ1v) is 5.04. The summed E-state index contributed by atoms with van der Waals surface area (Å²) in [5, 5.41) is 2.68. The van der Waals surface area contributed by atoms with E-state index in [1.54, 1.807) is 0 Å². The Morgan fingerprint density at radius 2 is 1.83 bits per heavy atom. The van der Waals surface area contributed by atoms with Crippen LogP contribution in [0.1, 0.15) is 26.7 Å². The van der Waals surface area contributed by atoms with E-state index in [1.807, 2.05) is 0 Å². The maximum Gasteiger partial charge on any atom is 0.253 e. The van der Waals surface area contributed by atoms with Gasteiger partial charge in [-0.25, -0.2) is 0 Å². The Hall–Kier alpha value is 0.0500. The molecule has 0 aromatic carbocycles. The van der Waals surface area contributed by atoms with Crippen LogP contribution in [0.5, 0.6) is 0 Å². The number of hydrogen-bond acceptors (Lipinski definition) is 1. The highest BCUT2D eigenvalue weighted by molar-refractivity contribution is 6.53. The van der Waals surface area contributed by atoms with Gasteiger partial charge in [-0.15, -0.1) is 0 Å². The van der Waals surface area contributed by atoms with E-state index < -0.39 is 4.84 Å². The van der Waals surface area contributed by atoms with Gasteiger partial charge in [0, 0.05) is 6.54 Å². The maximum atomic E-state index is 10.9. The van der Waals surface area contributed by atoms with E-state index in [4.69, 9.17) is 23.2 Å². The van der Waals surface area contributed by atoms with Gasteiger partial charge in [0.05, 0.1) is 0 Å². The summed E-state index contributed by atoms with van der Waals surface area (Å²) >= 11 is 10.7. The molecule has 72 valence electrons. The highest BCUT2D eigenvalue weighted by atomic mass is 35.5. The van der Waals surface area contributed by atoms with Crippen LogP contribution in [-0.4, -0.2) is 17.3 Å². The quantitative estimate of drug-likeness (QED) is 0.696. The fourth-order valence-corrected chi connectivity index (χ4v) is 1.05. The van der Waals surface area contributed by atoms with Crippen molar-refractivity contribution < 1.29 is 4.79 Å². The zero-order valence-corrected chi connectivity index (χ0v) is 8.95. The van der Waals surface area contributed by atoms with E-state index in [0.29, 0.717) is 12.5 Å². The Kier molecular flexibility index (Phi) is 6.58. The van der Waals surface area contributed by atoms with Crippen LogP contribution in [0.15, 0.2) is 0 Å². The molecular formula is C8H15Cl2NO. The molecule has 0 aliphatic rings. The fourth-order valence-electron chi connectivity index (χ4n) is 0.899. The van der Waals surface area contributed by atoms with Gasteiger partial charge in [-0.05, 0) is 5.92 Å². The molecule has 0 rings (SSSR count). The van der Waals surface area contributed by atoms with Crippen LogP contribution in [0, 0.1) is 5.92 Å². The Balaban J connectivity index is 3.59. The average Bonchev–Trinajstić information content (AvgIpc) is 2.05. The Bertz CT molecular complexity index is 135. The van der Waals surface area contributed by atoms with Gasteiger partial charge in [-0.3, -0.25) is 4.79 Å². The third-order valence-electron chi connectivity index (χ3n) is 1.92.